The molecule has 0 radical (unpaired) electrons. The van der Waals surface area contributed by atoms with E-state index in [-0.39, 0.29) is 17.9 Å². The Morgan fingerprint density at radius 2 is 2.05 bits per heavy atom. The van der Waals surface area contributed by atoms with Gasteiger partial charge in [0.15, 0.2) is 5.79 Å². The average molecular weight is 284 g/mol. The summed E-state index contributed by atoms with van der Waals surface area (Å²) in [5.41, 5.74) is 0. The zero-order chi connectivity index (χ0) is 14.4. The van der Waals surface area contributed by atoms with E-state index >= 15 is 0 Å². The van der Waals surface area contributed by atoms with E-state index in [4.69, 9.17) is 9.47 Å². The van der Waals surface area contributed by atoms with Gasteiger partial charge in [-0.25, -0.2) is 0 Å². The normalized spacial score (nSPS) is 29.9. The standard InChI is InChI=1S/C16H28O4/c1-2-3-4-5-14(18)6-7-15-13(12-17)8-9-16(15)19-10-11-20-16/h12-15,18H,2-11H2,1H3. The molecule has 2 rings (SSSR count). The molecule has 2 fully saturated rings. The van der Waals surface area contributed by atoms with Crippen molar-refractivity contribution in [1.82, 2.24) is 0 Å². The second-order valence-corrected chi connectivity index (χ2v) is 6.18. The maximum Gasteiger partial charge on any atom is 0.171 e. The molecule has 0 aromatic heterocycles. The molecular formula is C16H28O4. The van der Waals surface area contributed by atoms with Crippen molar-refractivity contribution in [3.63, 3.8) is 0 Å². The van der Waals surface area contributed by atoms with Crippen molar-refractivity contribution >= 4 is 6.29 Å². The average Bonchev–Trinajstić information content (AvgIpc) is 3.05. The minimum absolute atomic E-state index is 0.0240. The molecule has 1 N–H and O–H groups in total. The molecule has 0 bridgehead atoms. The summed E-state index contributed by atoms with van der Waals surface area (Å²) in [7, 11) is 0. The fourth-order valence-electron chi connectivity index (χ4n) is 3.65. The maximum absolute atomic E-state index is 11.2. The lowest BCUT2D eigenvalue weighted by Gasteiger charge is -2.31. The number of aliphatic hydroxyl groups excluding tert-OH is 1. The monoisotopic (exact) mass is 284 g/mol. The number of hydrogen-bond donors (Lipinski definition) is 1. The molecule has 4 nitrogen and oxygen atoms in total. The highest BCUT2D eigenvalue weighted by Crippen LogP contribution is 2.47. The van der Waals surface area contributed by atoms with Gasteiger partial charge in [0.05, 0.1) is 19.3 Å². The van der Waals surface area contributed by atoms with Crippen LogP contribution < -0.4 is 0 Å². The van der Waals surface area contributed by atoms with Gasteiger partial charge >= 0.3 is 0 Å². The van der Waals surface area contributed by atoms with E-state index in [0.29, 0.717) is 13.2 Å². The summed E-state index contributed by atoms with van der Waals surface area (Å²) in [5.74, 6) is -0.395. The van der Waals surface area contributed by atoms with E-state index in [1.807, 2.05) is 0 Å². The van der Waals surface area contributed by atoms with Crippen LogP contribution in [0.4, 0.5) is 0 Å². The molecule has 20 heavy (non-hydrogen) atoms. The van der Waals surface area contributed by atoms with Gasteiger partial charge < -0.3 is 19.4 Å². The molecule has 116 valence electrons. The summed E-state index contributed by atoms with van der Waals surface area (Å²) in [5, 5.41) is 10.1. The fraction of sp³-hybridized carbons (Fsp3) is 0.938. The number of unbranched alkanes of at least 4 members (excludes halogenated alkanes) is 2. The third kappa shape index (κ3) is 3.60. The van der Waals surface area contributed by atoms with Gasteiger partial charge in [-0.1, -0.05) is 26.2 Å². The maximum atomic E-state index is 11.2. The van der Waals surface area contributed by atoms with E-state index in [9.17, 15) is 9.90 Å². The largest absolute Gasteiger partial charge is 0.393 e. The van der Waals surface area contributed by atoms with Crippen molar-refractivity contribution < 1.29 is 19.4 Å². The number of carbonyl (C=O) groups is 1. The van der Waals surface area contributed by atoms with Crippen LogP contribution in [-0.2, 0) is 14.3 Å². The molecule has 1 saturated carbocycles. The molecule has 1 aliphatic carbocycles. The number of rotatable bonds is 8. The molecular weight excluding hydrogens is 256 g/mol. The predicted octanol–water partition coefficient (Wildman–Crippen LogP) is 2.68. The van der Waals surface area contributed by atoms with Gasteiger partial charge in [0.25, 0.3) is 0 Å². The zero-order valence-electron chi connectivity index (χ0n) is 12.6. The molecule has 1 spiro atoms. The molecule has 1 aliphatic heterocycles. The Morgan fingerprint density at radius 3 is 2.70 bits per heavy atom. The Hall–Kier alpha value is -0.450. The molecule has 0 aromatic carbocycles. The number of hydrogen-bond acceptors (Lipinski definition) is 4. The molecule has 1 heterocycles. The number of carbonyl (C=O) groups excluding carboxylic acids is 1. The highest BCUT2D eigenvalue weighted by atomic mass is 16.7. The van der Waals surface area contributed by atoms with E-state index < -0.39 is 5.79 Å². The van der Waals surface area contributed by atoms with Crippen LogP contribution >= 0.6 is 0 Å². The molecule has 3 atom stereocenters. The smallest absolute Gasteiger partial charge is 0.171 e. The Labute approximate surface area is 121 Å². The summed E-state index contributed by atoms with van der Waals surface area (Å²) in [6, 6.07) is 0. The van der Waals surface area contributed by atoms with Crippen molar-refractivity contribution in [3.8, 4) is 0 Å². The van der Waals surface area contributed by atoms with Crippen LogP contribution in [0, 0.1) is 11.8 Å². The minimum atomic E-state index is -0.533. The third-order valence-corrected chi connectivity index (χ3v) is 4.81. The van der Waals surface area contributed by atoms with Gasteiger partial charge in [-0.3, -0.25) is 0 Å². The third-order valence-electron chi connectivity index (χ3n) is 4.81. The molecule has 0 aromatic rings. The van der Waals surface area contributed by atoms with Gasteiger partial charge in [-0.2, -0.15) is 0 Å². The van der Waals surface area contributed by atoms with Crippen LogP contribution in [0.15, 0.2) is 0 Å². The Kier molecular flexibility index (Phi) is 6.00. The molecule has 4 heteroatoms. The Balaban J connectivity index is 1.83. The first-order chi connectivity index (χ1) is 9.72. The zero-order valence-corrected chi connectivity index (χ0v) is 12.6. The lowest BCUT2D eigenvalue weighted by molar-refractivity contribution is -0.188. The molecule has 0 amide bonds. The Bertz CT molecular complexity index is 299. The summed E-state index contributed by atoms with van der Waals surface area (Å²) in [6.45, 7) is 3.42. The van der Waals surface area contributed by atoms with Crippen molar-refractivity contribution in [1.29, 1.82) is 0 Å². The first-order valence-corrected chi connectivity index (χ1v) is 8.13. The number of aldehydes is 1. The van der Waals surface area contributed by atoms with Crippen LogP contribution in [0.2, 0.25) is 0 Å². The number of ether oxygens (including phenoxy) is 2. The highest BCUT2D eigenvalue weighted by Gasteiger charge is 2.52. The summed E-state index contributed by atoms with van der Waals surface area (Å²) in [6.07, 6.45) is 8.30. The van der Waals surface area contributed by atoms with Gasteiger partial charge in [0, 0.05) is 18.3 Å². The van der Waals surface area contributed by atoms with Crippen LogP contribution in [0.5, 0.6) is 0 Å². The van der Waals surface area contributed by atoms with Crippen LogP contribution in [-0.4, -0.2) is 36.5 Å². The minimum Gasteiger partial charge on any atom is -0.393 e. The number of aliphatic hydroxyl groups is 1. The second kappa shape index (κ2) is 7.53. The Morgan fingerprint density at radius 1 is 1.30 bits per heavy atom. The van der Waals surface area contributed by atoms with Gasteiger partial charge in [-0.05, 0) is 25.7 Å². The summed E-state index contributed by atoms with van der Waals surface area (Å²) < 4.78 is 11.6. The quantitative estimate of drug-likeness (QED) is 0.550. The lowest BCUT2D eigenvalue weighted by Crippen LogP contribution is -2.37. The topological polar surface area (TPSA) is 55.8 Å². The second-order valence-electron chi connectivity index (χ2n) is 6.18. The lowest BCUT2D eigenvalue weighted by atomic mass is 9.87. The van der Waals surface area contributed by atoms with Gasteiger partial charge in [-0.15, -0.1) is 0 Å². The van der Waals surface area contributed by atoms with Crippen LogP contribution in [0.1, 0.15) is 58.3 Å². The van der Waals surface area contributed by atoms with Crippen LogP contribution in [0.25, 0.3) is 0 Å². The first kappa shape index (κ1) is 15.9. The van der Waals surface area contributed by atoms with Crippen molar-refractivity contribution in [2.24, 2.45) is 11.8 Å². The summed E-state index contributed by atoms with van der Waals surface area (Å²) in [4.78, 5) is 11.2. The van der Waals surface area contributed by atoms with E-state index in [1.54, 1.807) is 0 Å². The first-order valence-electron chi connectivity index (χ1n) is 8.13. The van der Waals surface area contributed by atoms with Crippen molar-refractivity contribution in [3.05, 3.63) is 0 Å². The van der Waals surface area contributed by atoms with Crippen molar-refractivity contribution in [2.75, 3.05) is 13.2 Å². The van der Waals surface area contributed by atoms with Gasteiger partial charge in [0.1, 0.15) is 6.29 Å². The van der Waals surface area contributed by atoms with E-state index in [1.165, 1.54) is 12.8 Å². The molecule has 3 unspecified atom stereocenters. The summed E-state index contributed by atoms with van der Waals surface area (Å²) >= 11 is 0. The molecule has 2 aliphatic rings. The fourth-order valence-corrected chi connectivity index (χ4v) is 3.65. The van der Waals surface area contributed by atoms with Crippen LogP contribution in [0.3, 0.4) is 0 Å². The van der Waals surface area contributed by atoms with Gasteiger partial charge in [0.2, 0.25) is 0 Å². The van der Waals surface area contributed by atoms with E-state index in [2.05, 4.69) is 6.92 Å². The SMILES string of the molecule is CCCCCC(O)CCC1C(C=O)CCC12OCCO2. The predicted molar refractivity (Wildman–Crippen MR) is 76.3 cm³/mol. The van der Waals surface area contributed by atoms with E-state index in [0.717, 1.165) is 44.8 Å². The highest BCUT2D eigenvalue weighted by molar-refractivity contribution is 5.55. The van der Waals surface area contributed by atoms with Crippen molar-refractivity contribution in [2.45, 2.75) is 70.2 Å². The molecule has 1 saturated heterocycles.